The van der Waals surface area contributed by atoms with Gasteiger partial charge in [0.15, 0.2) is 0 Å². The van der Waals surface area contributed by atoms with Gasteiger partial charge in [-0.15, -0.1) is 5.10 Å². The van der Waals surface area contributed by atoms with Gasteiger partial charge in [-0.1, -0.05) is 5.10 Å². The van der Waals surface area contributed by atoms with E-state index in [0.29, 0.717) is 0 Å². The number of nitrogen functional groups attached to an aromatic ring is 1. The van der Waals surface area contributed by atoms with Crippen molar-refractivity contribution in [1.82, 2.24) is 10.2 Å². The van der Waals surface area contributed by atoms with Crippen molar-refractivity contribution in [3.63, 3.8) is 0 Å². The van der Waals surface area contributed by atoms with Gasteiger partial charge in [-0.2, -0.15) is 13.2 Å². The summed E-state index contributed by atoms with van der Waals surface area (Å²) >= 11 is 0. The number of nitrogens with two attached hydrogens (primary N) is 1. The Morgan fingerprint density at radius 2 is 2.00 bits per heavy atom. The molecule has 0 saturated heterocycles. The number of alkyl halides is 3. The smallest absolute Gasteiger partial charge is 0.389 e. The Labute approximate surface area is 71.9 Å². The highest BCUT2D eigenvalue weighted by atomic mass is 19.4. The second-order valence-corrected chi connectivity index (χ2v) is 2.50. The quantitative estimate of drug-likeness (QED) is 0.794. The summed E-state index contributed by atoms with van der Waals surface area (Å²) in [6.07, 6.45) is -4.95. The van der Waals surface area contributed by atoms with Gasteiger partial charge in [0.1, 0.15) is 0 Å². The minimum atomic E-state index is -4.13. The predicted molar refractivity (Wildman–Crippen MR) is 37.7 cm³/mol. The molecule has 1 aromatic heterocycles. The van der Waals surface area contributed by atoms with E-state index in [1.54, 1.807) is 0 Å². The average Bonchev–Trinajstić information content (AvgIpc) is 2.33. The summed E-state index contributed by atoms with van der Waals surface area (Å²) in [7, 11) is 0. The van der Waals surface area contributed by atoms with Crippen molar-refractivity contribution < 1.29 is 17.6 Å². The largest absolute Gasteiger partial charge is 0.408 e. The van der Waals surface area contributed by atoms with Crippen molar-refractivity contribution in [2.45, 2.75) is 25.4 Å². The molecule has 2 N–H and O–H groups in total. The van der Waals surface area contributed by atoms with Crippen molar-refractivity contribution in [2.24, 2.45) is 0 Å². The minimum absolute atomic E-state index is 0.0644. The van der Waals surface area contributed by atoms with Crippen LogP contribution in [0, 0.1) is 0 Å². The van der Waals surface area contributed by atoms with E-state index >= 15 is 0 Å². The first-order valence-electron chi connectivity index (χ1n) is 3.62. The molecular weight excluding hydrogens is 187 g/mol. The number of aromatic nitrogens is 2. The van der Waals surface area contributed by atoms with E-state index in [4.69, 9.17) is 5.73 Å². The van der Waals surface area contributed by atoms with Crippen LogP contribution in [0.4, 0.5) is 19.2 Å². The number of halogens is 3. The molecule has 1 heterocycles. The molecule has 7 heteroatoms. The zero-order valence-corrected chi connectivity index (χ0v) is 6.64. The van der Waals surface area contributed by atoms with E-state index < -0.39 is 12.6 Å². The van der Waals surface area contributed by atoms with E-state index in [9.17, 15) is 13.2 Å². The minimum Gasteiger partial charge on any atom is -0.408 e. The molecule has 0 atom stereocenters. The van der Waals surface area contributed by atoms with Crippen LogP contribution in [0.3, 0.4) is 0 Å². The van der Waals surface area contributed by atoms with Gasteiger partial charge < -0.3 is 10.2 Å². The second kappa shape index (κ2) is 3.63. The van der Waals surface area contributed by atoms with Crippen LogP contribution in [0.1, 0.15) is 18.7 Å². The van der Waals surface area contributed by atoms with Crippen LogP contribution in [-0.4, -0.2) is 16.4 Å². The topological polar surface area (TPSA) is 64.9 Å². The molecule has 0 spiro atoms. The lowest BCUT2D eigenvalue weighted by atomic mass is 10.2. The van der Waals surface area contributed by atoms with Crippen LogP contribution < -0.4 is 5.73 Å². The van der Waals surface area contributed by atoms with Crippen LogP contribution in [0.2, 0.25) is 0 Å². The van der Waals surface area contributed by atoms with Gasteiger partial charge in [-0.25, -0.2) is 0 Å². The summed E-state index contributed by atoms with van der Waals surface area (Å²) in [5.74, 6) is 0.141. The predicted octanol–water partition coefficient (Wildman–Crippen LogP) is 1.54. The fraction of sp³-hybridized carbons (Fsp3) is 0.667. The zero-order chi connectivity index (χ0) is 9.90. The highest BCUT2D eigenvalue weighted by molar-refractivity contribution is 5.04. The van der Waals surface area contributed by atoms with Crippen molar-refractivity contribution >= 4 is 6.01 Å². The molecule has 0 aliphatic heterocycles. The molecule has 0 unspecified atom stereocenters. The lowest BCUT2D eigenvalue weighted by Crippen LogP contribution is -2.07. The van der Waals surface area contributed by atoms with Gasteiger partial charge in [0.2, 0.25) is 5.89 Å². The van der Waals surface area contributed by atoms with Gasteiger partial charge >= 0.3 is 12.2 Å². The maximum atomic E-state index is 11.7. The Kier molecular flexibility index (Phi) is 2.74. The highest BCUT2D eigenvalue weighted by Gasteiger charge is 2.26. The number of aryl methyl sites for hydroxylation is 1. The summed E-state index contributed by atoms with van der Waals surface area (Å²) in [4.78, 5) is 0. The number of hydrogen-bond acceptors (Lipinski definition) is 4. The molecule has 1 rings (SSSR count). The fourth-order valence-corrected chi connectivity index (χ4v) is 0.808. The molecule has 0 aliphatic rings. The monoisotopic (exact) mass is 195 g/mol. The summed E-state index contributed by atoms with van der Waals surface area (Å²) in [6, 6.07) is -0.123. The zero-order valence-electron chi connectivity index (χ0n) is 6.64. The second-order valence-electron chi connectivity index (χ2n) is 2.50. The van der Waals surface area contributed by atoms with Crippen molar-refractivity contribution in [3.05, 3.63) is 5.89 Å². The molecule has 0 aromatic carbocycles. The molecule has 0 fully saturated rings. The Balaban J connectivity index is 2.28. The van der Waals surface area contributed by atoms with Gasteiger partial charge in [-0.3, -0.25) is 0 Å². The Hall–Kier alpha value is -1.27. The molecule has 1 aromatic rings. The first kappa shape index (κ1) is 9.82. The van der Waals surface area contributed by atoms with E-state index in [2.05, 4.69) is 14.6 Å². The van der Waals surface area contributed by atoms with Crippen LogP contribution in [0.25, 0.3) is 0 Å². The SMILES string of the molecule is Nc1nnc(CCCC(F)(F)F)o1. The summed E-state index contributed by atoms with van der Waals surface area (Å²) < 4.78 is 39.7. The fourth-order valence-electron chi connectivity index (χ4n) is 0.808. The number of hydrogen-bond donors (Lipinski definition) is 1. The summed E-state index contributed by atoms with van der Waals surface area (Å²) in [5, 5.41) is 6.74. The van der Waals surface area contributed by atoms with Gasteiger partial charge in [0.25, 0.3) is 0 Å². The Bertz CT molecular complexity index is 270. The first-order chi connectivity index (χ1) is 5.97. The van der Waals surface area contributed by atoms with Crippen LogP contribution >= 0.6 is 0 Å². The maximum Gasteiger partial charge on any atom is 0.389 e. The molecule has 0 radical (unpaired) electrons. The van der Waals surface area contributed by atoms with E-state index in [-0.39, 0.29) is 24.7 Å². The molecule has 4 nitrogen and oxygen atoms in total. The molecule has 0 aliphatic carbocycles. The van der Waals surface area contributed by atoms with E-state index in [0.717, 1.165) is 0 Å². The first-order valence-corrected chi connectivity index (χ1v) is 3.62. The standard InChI is InChI=1S/C6H8F3N3O/c7-6(8,9)3-1-2-4-11-12-5(10)13-4/h1-3H2,(H2,10,12). The molecule has 0 amide bonds. The summed E-state index contributed by atoms with van der Waals surface area (Å²) in [6.45, 7) is 0. The molecule has 0 bridgehead atoms. The van der Waals surface area contributed by atoms with Crippen molar-refractivity contribution in [3.8, 4) is 0 Å². The summed E-state index contributed by atoms with van der Waals surface area (Å²) in [5.41, 5.74) is 5.07. The third-order valence-corrected chi connectivity index (χ3v) is 1.33. The molecular formula is C6H8F3N3O. The van der Waals surface area contributed by atoms with E-state index in [1.165, 1.54) is 0 Å². The van der Waals surface area contributed by atoms with Crippen LogP contribution in [-0.2, 0) is 6.42 Å². The average molecular weight is 195 g/mol. The molecule has 0 saturated carbocycles. The number of rotatable bonds is 3. The van der Waals surface area contributed by atoms with Crippen LogP contribution in [0.5, 0.6) is 0 Å². The normalized spacial score (nSPS) is 11.9. The number of anilines is 1. The van der Waals surface area contributed by atoms with E-state index in [1.807, 2.05) is 0 Å². The van der Waals surface area contributed by atoms with Gasteiger partial charge in [0.05, 0.1) is 0 Å². The Morgan fingerprint density at radius 3 is 2.46 bits per heavy atom. The third kappa shape index (κ3) is 3.77. The third-order valence-electron chi connectivity index (χ3n) is 1.33. The lowest BCUT2D eigenvalue weighted by molar-refractivity contribution is -0.135. The highest BCUT2D eigenvalue weighted by Crippen LogP contribution is 2.22. The number of nitrogens with zero attached hydrogens (tertiary/aromatic N) is 2. The molecule has 74 valence electrons. The van der Waals surface area contributed by atoms with Gasteiger partial charge in [-0.05, 0) is 6.42 Å². The maximum absolute atomic E-state index is 11.7. The molecule has 13 heavy (non-hydrogen) atoms. The van der Waals surface area contributed by atoms with Crippen molar-refractivity contribution in [2.75, 3.05) is 5.73 Å². The van der Waals surface area contributed by atoms with Gasteiger partial charge in [0, 0.05) is 12.8 Å². The lowest BCUT2D eigenvalue weighted by Gasteiger charge is -2.02. The van der Waals surface area contributed by atoms with Crippen LogP contribution in [0.15, 0.2) is 4.42 Å². The Morgan fingerprint density at radius 1 is 1.31 bits per heavy atom. The van der Waals surface area contributed by atoms with Crippen molar-refractivity contribution in [1.29, 1.82) is 0 Å².